The number of pyridine rings is 2. The number of para-hydroxylation sites is 2. The molecule has 6 aromatic heterocycles. The van der Waals surface area contributed by atoms with Crippen LogP contribution in [0.5, 0.6) is 0 Å². The molecular formula is C64H66Cl3F5N10. The highest BCUT2D eigenvalue weighted by atomic mass is 35.5. The number of rotatable bonds is 11. The maximum Gasteiger partial charge on any atom is 0.248 e. The second-order valence-corrected chi connectivity index (χ2v) is 21.9. The third-order valence-corrected chi connectivity index (χ3v) is 16.2. The lowest BCUT2D eigenvalue weighted by atomic mass is 9.96. The van der Waals surface area contributed by atoms with Gasteiger partial charge in [-0.2, -0.15) is 14.6 Å². The normalized spacial score (nSPS) is 13.0. The van der Waals surface area contributed by atoms with Gasteiger partial charge in [0.05, 0.1) is 55.2 Å². The lowest BCUT2D eigenvalue weighted by Crippen LogP contribution is -2.31. The maximum atomic E-state index is 16.0. The minimum atomic E-state index is -1.03. The van der Waals surface area contributed by atoms with Crippen LogP contribution in [0.3, 0.4) is 0 Å². The lowest BCUT2D eigenvalue weighted by molar-refractivity contribution is 0.476. The van der Waals surface area contributed by atoms with Gasteiger partial charge in [-0.3, -0.25) is 0 Å². The van der Waals surface area contributed by atoms with Crippen molar-refractivity contribution in [3.05, 3.63) is 193 Å². The predicted octanol–water partition coefficient (Wildman–Crippen LogP) is 16.6. The third kappa shape index (κ3) is 11.3. The summed E-state index contributed by atoms with van der Waals surface area (Å²) in [5, 5.41) is 15.8. The van der Waals surface area contributed by atoms with Crippen LogP contribution in [0.1, 0.15) is 123 Å². The zero-order chi connectivity index (χ0) is 57.4. The van der Waals surface area contributed by atoms with E-state index in [0.29, 0.717) is 75.2 Å². The van der Waals surface area contributed by atoms with E-state index in [9.17, 15) is 8.78 Å². The van der Waals surface area contributed by atoms with E-state index in [0.717, 1.165) is 106 Å². The van der Waals surface area contributed by atoms with Gasteiger partial charge in [-0.15, -0.1) is 12.4 Å². The Labute approximate surface area is 490 Å². The number of benzene rings is 4. The van der Waals surface area contributed by atoms with Crippen molar-refractivity contribution in [3.8, 4) is 33.9 Å². The number of hydrogen-bond donors (Lipinski definition) is 3. The Morgan fingerprint density at radius 1 is 0.573 bits per heavy atom. The highest BCUT2D eigenvalue weighted by Crippen LogP contribution is 2.44. The summed E-state index contributed by atoms with van der Waals surface area (Å²) in [6, 6.07) is 21.9. The molecule has 0 amide bonds. The van der Waals surface area contributed by atoms with E-state index in [1.165, 1.54) is 35.5 Å². The van der Waals surface area contributed by atoms with Gasteiger partial charge in [-0.05, 0) is 107 Å². The molecule has 0 spiro atoms. The van der Waals surface area contributed by atoms with Crippen LogP contribution in [0.2, 0.25) is 10.0 Å². The largest absolute Gasteiger partial charge is 0.360 e. The van der Waals surface area contributed by atoms with Crippen LogP contribution in [0.4, 0.5) is 27.8 Å². The number of anilines is 1. The fraction of sp³-hybridized carbons (Fsp3) is 0.312. The molecule has 0 unspecified atom stereocenters. The van der Waals surface area contributed by atoms with E-state index >= 15 is 13.2 Å². The Hall–Kier alpha value is -7.04. The Morgan fingerprint density at radius 2 is 1.04 bits per heavy atom. The molecule has 2 aliphatic rings. The molecule has 0 saturated heterocycles. The second-order valence-electron chi connectivity index (χ2n) is 21.1. The molecule has 12 rings (SSSR count). The fourth-order valence-corrected chi connectivity index (χ4v) is 11.7. The summed E-state index contributed by atoms with van der Waals surface area (Å²) in [6.45, 7) is 18.8. The van der Waals surface area contributed by atoms with E-state index in [1.54, 1.807) is 18.5 Å². The Kier molecular flexibility index (Phi) is 18.3. The minimum absolute atomic E-state index is 0. The minimum Gasteiger partial charge on any atom is -0.360 e. The van der Waals surface area contributed by atoms with Crippen molar-refractivity contribution < 1.29 is 22.0 Å². The first-order valence-electron chi connectivity index (χ1n) is 27.8. The fourth-order valence-electron chi connectivity index (χ4n) is 11.2. The molecule has 2 aliphatic heterocycles. The number of H-pyrrole nitrogens is 2. The van der Waals surface area contributed by atoms with Crippen LogP contribution in [0, 0.1) is 29.2 Å². The summed E-state index contributed by atoms with van der Waals surface area (Å²) in [5.74, 6) is -2.34. The molecule has 8 heterocycles. The third-order valence-electron chi connectivity index (χ3n) is 15.6. The summed E-state index contributed by atoms with van der Waals surface area (Å²) in [6.07, 6.45) is 11.5. The van der Waals surface area contributed by atoms with Gasteiger partial charge in [0.25, 0.3) is 0 Å². The molecule has 10 nitrogen and oxygen atoms in total. The van der Waals surface area contributed by atoms with Gasteiger partial charge < -0.3 is 20.2 Å². The van der Waals surface area contributed by atoms with Gasteiger partial charge in [-0.25, -0.2) is 36.9 Å². The number of aromatic amines is 2. The molecule has 18 heteroatoms. The number of aryl methyl sites for hydroxylation is 4. The van der Waals surface area contributed by atoms with Gasteiger partial charge in [-0.1, -0.05) is 115 Å². The number of nitrogens with one attached hydrogen (secondary N) is 3. The first-order valence-corrected chi connectivity index (χ1v) is 28.6. The van der Waals surface area contributed by atoms with E-state index in [1.807, 2.05) is 60.3 Å². The molecule has 0 bridgehead atoms. The Bertz CT molecular complexity index is 3910. The predicted molar refractivity (Wildman–Crippen MR) is 323 cm³/mol. The van der Waals surface area contributed by atoms with Crippen LogP contribution in [-0.4, -0.2) is 52.6 Å². The van der Waals surface area contributed by atoms with Gasteiger partial charge in [0.2, 0.25) is 5.95 Å². The Balaban J connectivity index is 0.000000169. The zero-order valence-corrected chi connectivity index (χ0v) is 49.5. The lowest BCUT2D eigenvalue weighted by Gasteiger charge is -2.28. The molecule has 0 aliphatic carbocycles. The molecule has 0 fully saturated rings. The summed E-state index contributed by atoms with van der Waals surface area (Å²) >= 11 is 12.8. The standard InChI is InChI=1S/C32H32ClF2N5.C24H24ClFN4.C8H9F2N.ClH/c1-5-19-8-7-9-20(6-2)30(19)40-31(28-22-10-12-36-29(22)24(33)15-25(28)34)23-17-39(13-11-27(23)38-40)32-26(35)14-21(16-37-32)18(3)4;1-3-14-6-5-7-15(4-2)23(14)30-24(17-13-27-10-9-20(17)29-30)21-16-8-11-28-22(16)18(25)12-19(21)26;1-5(2)6-3-7(9)8(10)11-4-6;/h7-10,12,14-16,18,36H,5-6,11,13,17H2,1-4H3;5-8,11-12,27-28H,3-4,9-10,13H2,1-2H3;3-5H,1-2H3;1H. The van der Waals surface area contributed by atoms with Crippen LogP contribution < -0.4 is 10.2 Å². The molecule has 3 N–H and O–H groups in total. The summed E-state index contributed by atoms with van der Waals surface area (Å²) in [4.78, 5) is 16.0. The van der Waals surface area contributed by atoms with Crippen molar-refractivity contribution in [1.29, 1.82) is 0 Å². The topological polar surface area (TPSA) is 108 Å². The number of halogens is 8. The van der Waals surface area contributed by atoms with Gasteiger partial charge in [0, 0.05) is 96.8 Å². The van der Waals surface area contributed by atoms with Gasteiger partial charge in [0.1, 0.15) is 11.6 Å². The summed E-state index contributed by atoms with van der Waals surface area (Å²) < 4.78 is 75.6. The first-order chi connectivity index (χ1) is 39.1. The number of fused-ring (bicyclic) bond motifs is 4. The van der Waals surface area contributed by atoms with Crippen LogP contribution in [0.15, 0.2) is 97.6 Å². The molecule has 10 aromatic rings. The molecule has 82 heavy (non-hydrogen) atoms. The first kappa shape index (κ1) is 59.6. The Morgan fingerprint density at radius 3 is 1.50 bits per heavy atom. The number of hydrogen-bond acceptors (Lipinski definition) is 6. The van der Waals surface area contributed by atoms with Crippen LogP contribution in [0.25, 0.3) is 55.7 Å². The molecule has 0 saturated carbocycles. The molecular weight excluding hydrogens is 1110 g/mol. The van der Waals surface area contributed by atoms with Crippen molar-refractivity contribution in [3.63, 3.8) is 0 Å². The number of aromatic nitrogens is 8. The summed E-state index contributed by atoms with van der Waals surface area (Å²) in [7, 11) is 0. The summed E-state index contributed by atoms with van der Waals surface area (Å²) in [5.41, 5.74) is 16.1. The number of nitrogens with zero attached hydrogens (tertiary/aromatic N) is 7. The van der Waals surface area contributed by atoms with E-state index < -0.39 is 17.6 Å². The average Bonchev–Trinajstić information content (AvgIpc) is 4.33. The van der Waals surface area contributed by atoms with Crippen molar-refractivity contribution in [2.45, 2.75) is 119 Å². The smallest absolute Gasteiger partial charge is 0.248 e. The second kappa shape index (κ2) is 25.2. The quantitative estimate of drug-likeness (QED) is 0.0880. The van der Waals surface area contributed by atoms with Crippen molar-refractivity contribution in [2.24, 2.45) is 0 Å². The molecule has 4 aromatic carbocycles. The SMILES string of the molecule is CC(C)c1cnc(F)c(F)c1.CCc1cccc(CC)c1-n1nc2c(c1-c1c(F)cc(Cl)c3[nH]ccc13)CN(c1ncc(C(C)C)cc1F)CC2.CCc1cccc(CC)c1-n1nc2c(c1-c1c(F)cc(Cl)c3[nH]ccc13)CNCC2.Cl. The average molecular weight is 1180 g/mol. The van der Waals surface area contributed by atoms with E-state index in [2.05, 4.69) is 89.3 Å². The van der Waals surface area contributed by atoms with E-state index in [4.69, 9.17) is 33.4 Å². The highest BCUT2D eigenvalue weighted by Gasteiger charge is 2.33. The van der Waals surface area contributed by atoms with Crippen molar-refractivity contribution in [2.75, 3.05) is 18.0 Å². The maximum absolute atomic E-state index is 16.0. The van der Waals surface area contributed by atoms with Crippen molar-refractivity contribution >= 4 is 63.2 Å². The monoisotopic (exact) mass is 1170 g/mol. The molecule has 0 radical (unpaired) electrons. The van der Waals surface area contributed by atoms with Gasteiger partial charge in [0.15, 0.2) is 17.5 Å². The van der Waals surface area contributed by atoms with Crippen LogP contribution in [-0.2, 0) is 51.6 Å². The van der Waals surface area contributed by atoms with Crippen molar-refractivity contribution in [1.82, 2.24) is 44.8 Å². The van der Waals surface area contributed by atoms with E-state index in [-0.39, 0.29) is 35.9 Å². The van der Waals surface area contributed by atoms with Crippen LogP contribution >= 0.6 is 35.6 Å². The molecule has 428 valence electrons. The zero-order valence-electron chi connectivity index (χ0n) is 47.1. The molecule has 0 atom stereocenters. The van der Waals surface area contributed by atoms with Gasteiger partial charge >= 0.3 is 0 Å². The highest BCUT2D eigenvalue weighted by molar-refractivity contribution is 6.36.